The predicted octanol–water partition coefficient (Wildman–Crippen LogP) is 3.78. The smallest absolute Gasteiger partial charge is 0.387 e. The Hall–Kier alpha value is -2.35. The normalized spacial score (nSPS) is 15.9. The van der Waals surface area contributed by atoms with Gasteiger partial charge in [-0.1, -0.05) is 19.1 Å². The molecule has 0 unspecified atom stereocenters. The molecule has 2 N–H and O–H groups in total. The van der Waals surface area contributed by atoms with Gasteiger partial charge in [0.05, 0.1) is 6.61 Å². The summed E-state index contributed by atoms with van der Waals surface area (Å²) in [5.41, 5.74) is 1.78. The van der Waals surface area contributed by atoms with Gasteiger partial charge in [-0.25, -0.2) is 0 Å². The highest BCUT2D eigenvalue weighted by Gasteiger charge is 2.20. The number of aliphatic imine (C=N–C) groups is 1. The van der Waals surface area contributed by atoms with Crippen LogP contribution in [0.15, 0.2) is 35.3 Å². The van der Waals surface area contributed by atoms with Crippen LogP contribution in [0.2, 0.25) is 0 Å². The number of nitrogens with one attached hydrogen (secondary N) is 2. The number of hydrogen-bond donors (Lipinski definition) is 2. The maximum absolute atomic E-state index is 12.8. The third-order valence-electron chi connectivity index (χ3n) is 4.82. The monoisotopic (exact) mass is 424 g/mol. The molecule has 2 rings (SSSR count). The van der Waals surface area contributed by atoms with Crippen molar-refractivity contribution in [2.75, 3.05) is 33.3 Å². The van der Waals surface area contributed by atoms with Crippen LogP contribution >= 0.6 is 0 Å². The molecule has 0 spiro atoms. The highest BCUT2D eigenvalue weighted by Crippen LogP contribution is 2.26. The van der Waals surface area contributed by atoms with Gasteiger partial charge in [-0.15, -0.1) is 0 Å². The van der Waals surface area contributed by atoms with Gasteiger partial charge in [-0.05, 0) is 38.3 Å². The standard InChI is InChI=1S/C22H34F2N4O2/c1-5-12-29-19-7-6-17(20(13-19)30-21(23)24)14-26-22(25-4)27-18-8-10-28(11-9-18)15-16(2)3/h6-7,13,18,21H,2,5,8-12,14-15H2,1,3-4H3,(H2,25,26,27). The molecule has 0 bridgehead atoms. The zero-order chi connectivity index (χ0) is 21.9. The second kappa shape index (κ2) is 12.4. The van der Waals surface area contributed by atoms with Gasteiger partial charge in [-0.3, -0.25) is 9.89 Å². The fourth-order valence-electron chi connectivity index (χ4n) is 3.38. The van der Waals surface area contributed by atoms with Gasteiger partial charge in [0.25, 0.3) is 0 Å². The zero-order valence-electron chi connectivity index (χ0n) is 18.2. The maximum atomic E-state index is 12.8. The van der Waals surface area contributed by atoms with Crippen LogP contribution < -0.4 is 20.1 Å². The second-order valence-corrected chi connectivity index (χ2v) is 7.57. The number of likely N-dealkylation sites (tertiary alicyclic amines) is 1. The Bertz CT molecular complexity index is 704. The van der Waals surface area contributed by atoms with E-state index >= 15 is 0 Å². The molecular formula is C22H34F2N4O2. The van der Waals surface area contributed by atoms with E-state index in [1.54, 1.807) is 19.2 Å². The van der Waals surface area contributed by atoms with Gasteiger partial charge in [0, 0.05) is 50.9 Å². The van der Waals surface area contributed by atoms with Crippen molar-refractivity contribution in [2.24, 2.45) is 4.99 Å². The highest BCUT2D eigenvalue weighted by molar-refractivity contribution is 5.80. The van der Waals surface area contributed by atoms with Crippen LogP contribution in [0.1, 0.15) is 38.7 Å². The fourth-order valence-corrected chi connectivity index (χ4v) is 3.38. The van der Waals surface area contributed by atoms with E-state index in [1.807, 2.05) is 13.8 Å². The number of halogens is 2. The summed E-state index contributed by atoms with van der Waals surface area (Å²) in [6, 6.07) is 5.32. The summed E-state index contributed by atoms with van der Waals surface area (Å²) >= 11 is 0. The molecule has 1 aromatic carbocycles. The van der Waals surface area contributed by atoms with Crippen molar-refractivity contribution in [1.82, 2.24) is 15.5 Å². The first-order chi connectivity index (χ1) is 14.4. The Morgan fingerprint density at radius 3 is 2.67 bits per heavy atom. The van der Waals surface area contributed by atoms with Crippen LogP contribution in [0, 0.1) is 0 Å². The summed E-state index contributed by atoms with van der Waals surface area (Å²) in [5.74, 6) is 1.26. The highest BCUT2D eigenvalue weighted by atomic mass is 19.3. The number of alkyl halides is 2. The Morgan fingerprint density at radius 1 is 1.33 bits per heavy atom. The van der Waals surface area contributed by atoms with E-state index in [9.17, 15) is 8.78 Å². The van der Waals surface area contributed by atoms with E-state index in [4.69, 9.17) is 9.47 Å². The summed E-state index contributed by atoms with van der Waals surface area (Å²) in [7, 11) is 1.70. The Morgan fingerprint density at radius 2 is 2.07 bits per heavy atom. The van der Waals surface area contributed by atoms with E-state index in [-0.39, 0.29) is 5.75 Å². The predicted molar refractivity (Wildman–Crippen MR) is 116 cm³/mol. The molecule has 0 atom stereocenters. The van der Waals surface area contributed by atoms with E-state index in [0.717, 1.165) is 38.9 Å². The largest absolute Gasteiger partial charge is 0.493 e. The Labute approximate surface area is 178 Å². The minimum absolute atomic E-state index is 0.106. The van der Waals surface area contributed by atoms with Crippen molar-refractivity contribution in [2.45, 2.75) is 52.3 Å². The first-order valence-corrected chi connectivity index (χ1v) is 10.5. The maximum Gasteiger partial charge on any atom is 0.387 e. The molecule has 0 saturated carbocycles. The van der Waals surface area contributed by atoms with Crippen LogP contribution in [0.5, 0.6) is 11.5 Å². The zero-order valence-corrected chi connectivity index (χ0v) is 18.2. The number of ether oxygens (including phenoxy) is 2. The van der Waals surface area contributed by atoms with Crippen LogP contribution in [0.3, 0.4) is 0 Å². The SMILES string of the molecule is C=C(C)CN1CCC(NC(=NC)NCc2ccc(OCCC)cc2OC(F)F)CC1. The summed E-state index contributed by atoms with van der Waals surface area (Å²) in [4.78, 5) is 6.66. The number of rotatable bonds is 10. The van der Waals surface area contributed by atoms with Crippen LogP contribution in [-0.4, -0.2) is 56.8 Å². The van der Waals surface area contributed by atoms with Crippen molar-refractivity contribution >= 4 is 5.96 Å². The quantitative estimate of drug-likeness (QED) is 0.340. The van der Waals surface area contributed by atoms with Crippen LogP contribution in [0.4, 0.5) is 8.78 Å². The van der Waals surface area contributed by atoms with Gasteiger partial charge in [0.15, 0.2) is 5.96 Å². The summed E-state index contributed by atoms with van der Waals surface area (Å²) in [5, 5.41) is 6.62. The molecule has 1 aliphatic rings. The lowest BCUT2D eigenvalue weighted by Crippen LogP contribution is -2.48. The molecule has 30 heavy (non-hydrogen) atoms. The van der Waals surface area contributed by atoms with Gasteiger partial charge in [-0.2, -0.15) is 8.78 Å². The van der Waals surface area contributed by atoms with Crippen molar-refractivity contribution in [1.29, 1.82) is 0 Å². The first kappa shape index (κ1) is 23.9. The van der Waals surface area contributed by atoms with E-state index in [0.29, 0.717) is 36.5 Å². The Kier molecular flexibility index (Phi) is 9.86. The number of benzene rings is 1. The average Bonchev–Trinajstić information content (AvgIpc) is 2.71. The topological polar surface area (TPSA) is 58.1 Å². The molecule has 1 saturated heterocycles. The number of hydrogen-bond acceptors (Lipinski definition) is 4. The molecule has 0 aliphatic carbocycles. The van der Waals surface area contributed by atoms with Gasteiger partial charge in [0.2, 0.25) is 0 Å². The number of nitrogens with zero attached hydrogens (tertiary/aromatic N) is 2. The van der Waals surface area contributed by atoms with E-state index < -0.39 is 6.61 Å². The molecule has 1 heterocycles. The molecule has 168 valence electrons. The third kappa shape index (κ3) is 8.18. The van der Waals surface area contributed by atoms with Gasteiger partial charge >= 0.3 is 6.61 Å². The summed E-state index contributed by atoms with van der Waals surface area (Å²) in [6.45, 7) is 8.89. The van der Waals surface area contributed by atoms with Crippen molar-refractivity contribution in [3.05, 3.63) is 35.9 Å². The average molecular weight is 425 g/mol. The minimum Gasteiger partial charge on any atom is -0.493 e. The molecule has 1 aliphatic heterocycles. The molecule has 8 heteroatoms. The number of piperidine rings is 1. The summed E-state index contributed by atoms with van der Waals surface area (Å²) in [6.07, 6.45) is 2.86. The summed E-state index contributed by atoms with van der Waals surface area (Å²) < 4.78 is 35.9. The van der Waals surface area contributed by atoms with E-state index in [2.05, 4.69) is 27.1 Å². The van der Waals surface area contributed by atoms with Gasteiger partial charge < -0.3 is 20.1 Å². The van der Waals surface area contributed by atoms with Crippen molar-refractivity contribution < 1.29 is 18.3 Å². The number of guanidine groups is 1. The lowest BCUT2D eigenvalue weighted by Gasteiger charge is -2.33. The fraction of sp³-hybridized carbons (Fsp3) is 0.591. The Balaban J connectivity index is 1.91. The first-order valence-electron chi connectivity index (χ1n) is 10.5. The molecular weight excluding hydrogens is 390 g/mol. The third-order valence-corrected chi connectivity index (χ3v) is 4.82. The van der Waals surface area contributed by atoms with Crippen LogP contribution in [-0.2, 0) is 6.54 Å². The van der Waals surface area contributed by atoms with Crippen molar-refractivity contribution in [3.63, 3.8) is 0 Å². The molecule has 0 radical (unpaired) electrons. The molecule has 0 amide bonds. The van der Waals surface area contributed by atoms with E-state index in [1.165, 1.54) is 11.6 Å². The second-order valence-electron chi connectivity index (χ2n) is 7.57. The van der Waals surface area contributed by atoms with Crippen LogP contribution in [0.25, 0.3) is 0 Å². The lowest BCUT2D eigenvalue weighted by molar-refractivity contribution is -0.0505. The van der Waals surface area contributed by atoms with Gasteiger partial charge in [0.1, 0.15) is 11.5 Å². The minimum atomic E-state index is -2.90. The lowest BCUT2D eigenvalue weighted by atomic mass is 10.0. The molecule has 6 nitrogen and oxygen atoms in total. The molecule has 1 fully saturated rings. The molecule has 1 aromatic rings. The molecule has 0 aromatic heterocycles. The van der Waals surface area contributed by atoms with Crippen molar-refractivity contribution in [3.8, 4) is 11.5 Å².